The molecule has 4 rings (SSSR count). The van der Waals surface area contributed by atoms with Crippen molar-refractivity contribution in [3.8, 4) is 0 Å². The first-order valence-electron chi connectivity index (χ1n) is 9.02. The molecule has 0 spiro atoms. The van der Waals surface area contributed by atoms with Crippen LogP contribution >= 0.6 is 0 Å². The number of carbonyl (C=O) groups is 1. The Morgan fingerprint density at radius 2 is 2.15 bits per heavy atom. The second-order valence-corrected chi connectivity index (χ2v) is 9.11. The fourth-order valence-corrected chi connectivity index (χ4v) is 4.49. The highest BCUT2D eigenvalue weighted by atomic mass is 32.2. The number of hydrogen-bond donors (Lipinski definition) is 0. The fourth-order valence-electron chi connectivity index (χ4n) is 3.39. The summed E-state index contributed by atoms with van der Waals surface area (Å²) >= 11 is 0. The monoisotopic (exact) mass is 394 g/mol. The number of nitrogens with zero attached hydrogens (tertiary/aromatic N) is 4. The standard InChI is InChI=1S/C17H22N4O5S/c1-27(23,24)21(7-5-15-18-16(26-19-15)12-3-2-4-12)14-9-20(10-14)17(22)13-6-8-25-11-13/h6,8,11-12,14H,2-5,7,9-10H2,1H3. The Morgan fingerprint density at radius 3 is 2.74 bits per heavy atom. The molecule has 27 heavy (non-hydrogen) atoms. The predicted octanol–water partition coefficient (Wildman–Crippen LogP) is 1.26. The second kappa shape index (κ2) is 7.08. The van der Waals surface area contributed by atoms with Crippen LogP contribution in [0.3, 0.4) is 0 Å². The zero-order chi connectivity index (χ0) is 19.0. The minimum absolute atomic E-state index is 0.156. The lowest BCUT2D eigenvalue weighted by molar-refractivity contribution is 0.0453. The van der Waals surface area contributed by atoms with Crippen molar-refractivity contribution in [2.24, 2.45) is 0 Å². The van der Waals surface area contributed by atoms with Gasteiger partial charge in [0, 0.05) is 32.0 Å². The van der Waals surface area contributed by atoms with Crippen LogP contribution in [0.2, 0.25) is 0 Å². The molecular weight excluding hydrogens is 372 g/mol. The highest BCUT2D eigenvalue weighted by molar-refractivity contribution is 7.88. The molecule has 10 heteroatoms. The van der Waals surface area contributed by atoms with E-state index in [1.165, 1.54) is 29.5 Å². The van der Waals surface area contributed by atoms with Crippen molar-refractivity contribution in [2.45, 2.75) is 37.6 Å². The van der Waals surface area contributed by atoms with E-state index >= 15 is 0 Å². The Hall–Kier alpha value is -2.20. The van der Waals surface area contributed by atoms with Crippen LogP contribution in [-0.4, -0.2) is 65.6 Å². The van der Waals surface area contributed by atoms with E-state index < -0.39 is 10.0 Å². The van der Waals surface area contributed by atoms with Gasteiger partial charge in [-0.15, -0.1) is 0 Å². The Labute approximate surface area is 157 Å². The summed E-state index contributed by atoms with van der Waals surface area (Å²) < 4.78 is 36.0. The van der Waals surface area contributed by atoms with E-state index in [-0.39, 0.29) is 18.5 Å². The van der Waals surface area contributed by atoms with Crippen molar-refractivity contribution >= 4 is 15.9 Å². The zero-order valence-corrected chi connectivity index (χ0v) is 15.9. The van der Waals surface area contributed by atoms with Crippen molar-refractivity contribution < 1.29 is 22.2 Å². The van der Waals surface area contributed by atoms with Crippen molar-refractivity contribution in [3.63, 3.8) is 0 Å². The van der Waals surface area contributed by atoms with Gasteiger partial charge in [0.15, 0.2) is 5.82 Å². The molecule has 2 aliphatic rings. The van der Waals surface area contributed by atoms with Crippen LogP contribution in [0, 0.1) is 0 Å². The van der Waals surface area contributed by atoms with Crippen molar-refractivity contribution in [2.75, 3.05) is 25.9 Å². The van der Waals surface area contributed by atoms with E-state index in [0.29, 0.717) is 42.7 Å². The van der Waals surface area contributed by atoms with E-state index in [4.69, 9.17) is 8.94 Å². The van der Waals surface area contributed by atoms with Crippen LogP contribution < -0.4 is 0 Å². The topological polar surface area (TPSA) is 110 Å². The first-order valence-corrected chi connectivity index (χ1v) is 10.9. The molecule has 0 radical (unpaired) electrons. The minimum Gasteiger partial charge on any atom is -0.472 e. The highest BCUT2D eigenvalue weighted by Crippen LogP contribution is 2.35. The molecule has 9 nitrogen and oxygen atoms in total. The molecule has 146 valence electrons. The molecule has 3 heterocycles. The van der Waals surface area contributed by atoms with Gasteiger partial charge in [0.05, 0.1) is 24.1 Å². The van der Waals surface area contributed by atoms with Gasteiger partial charge in [-0.3, -0.25) is 4.79 Å². The molecule has 1 saturated carbocycles. The van der Waals surface area contributed by atoms with Gasteiger partial charge >= 0.3 is 0 Å². The lowest BCUT2D eigenvalue weighted by Crippen LogP contribution is -2.62. The number of amides is 1. The summed E-state index contributed by atoms with van der Waals surface area (Å²) in [5, 5.41) is 3.97. The Bertz CT molecular complexity index is 898. The smallest absolute Gasteiger partial charge is 0.257 e. The first kappa shape index (κ1) is 18.2. The van der Waals surface area contributed by atoms with Gasteiger partial charge in [-0.05, 0) is 18.9 Å². The van der Waals surface area contributed by atoms with Crippen molar-refractivity contribution in [3.05, 3.63) is 35.9 Å². The predicted molar refractivity (Wildman–Crippen MR) is 94.5 cm³/mol. The van der Waals surface area contributed by atoms with Gasteiger partial charge < -0.3 is 13.8 Å². The third-order valence-electron chi connectivity index (χ3n) is 5.24. The Morgan fingerprint density at radius 1 is 1.37 bits per heavy atom. The molecule has 1 aliphatic heterocycles. The summed E-state index contributed by atoms with van der Waals surface area (Å²) in [6.07, 6.45) is 7.72. The molecule has 1 amide bonds. The number of likely N-dealkylation sites (tertiary alicyclic amines) is 1. The van der Waals surface area contributed by atoms with Gasteiger partial charge in [0.1, 0.15) is 6.26 Å². The van der Waals surface area contributed by atoms with Crippen molar-refractivity contribution in [1.82, 2.24) is 19.3 Å². The average Bonchev–Trinajstić information content (AvgIpc) is 3.17. The summed E-state index contributed by atoms with van der Waals surface area (Å²) in [5.74, 6) is 1.38. The van der Waals surface area contributed by atoms with E-state index in [1.807, 2.05) is 0 Å². The molecule has 1 aliphatic carbocycles. The summed E-state index contributed by atoms with van der Waals surface area (Å²) in [6.45, 7) is 0.980. The number of hydrogen-bond acceptors (Lipinski definition) is 7. The van der Waals surface area contributed by atoms with Gasteiger partial charge in [0.25, 0.3) is 5.91 Å². The molecule has 2 fully saturated rings. The summed E-state index contributed by atoms with van der Waals surface area (Å²) in [5.41, 5.74) is 0.467. The lowest BCUT2D eigenvalue weighted by Gasteiger charge is -2.44. The van der Waals surface area contributed by atoms with Crippen LogP contribution in [0.25, 0.3) is 0 Å². The van der Waals surface area contributed by atoms with Crippen molar-refractivity contribution in [1.29, 1.82) is 0 Å². The molecular formula is C17H22N4O5S. The third kappa shape index (κ3) is 3.77. The maximum Gasteiger partial charge on any atom is 0.257 e. The van der Waals surface area contributed by atoms with Crippen LogP contribution in [0.15, 0.2) is 27.5 Å². The number of furan rings is 1. The zero-order valence-electron chi connectivity index (χ0n) is 15.1. The average molecular weight is 394 g/mol. The summed E-state index contributed by atoms with van der Waals surface area (Å²) in [4.78, 5) is 18.3. The molecule has 0 N–H and O–H groups in total. The van der Waals surface area contributed by atoms with E-state index in [1.54, 1.807) is 11.0 Å². The van der Waals surface area contributed by atoms with Crippen LogP contribution in [0.1, 0.15) is 47.3 Å². The molecule has 0 aromatic carbocycles. The summed E-state index contributed by atoms with van der Waals surface area (Å²) in [7, 11) is -3.41. The highest BCUT2D eigenvalue weighted by Gasteiger charge is 2.39. The first-order chi connectivity index (χ1) is 12.9. The quantitative estimate of drug-likeness (QED) is 0.695. The van der Waals surface area contributed by atoms with E-state index in [2.05, 4.69) is 10.1 Å². The lowest BCUT2D eigenvalue weighted by atomic mass is 9.85. The number of carbonyl (C=O) groups excluding carboxylic acids is 1. The van der Waals surface area contributed by atoms with Gasteiger partial charge in [-0.2, -0.15) is 9.29 Å². The molecule has 0 atom stereocenters. The SMILES string of the molecule is CS(=O)(=O)N(CCc1noc(C2CCC2)n1)C1CN(C(=O)c2ccoc2)C1. The number of aromatic nitrogens is 2. The summed E-state index contributed by atoms with van der Waals surface area (Å²) in [6, 6.07) is 1.36. The molecule has 2 aromatic rings. The minimum atomic E-state index is -3.41. The number of sulfonamides is 1. The normalized spacial score (nSPS) is 18.5. The Balaban J connectivity index is 1.35. The Kier molecular flexibility index (Phi) is 4.77. The van der Waals surface area contributed by atoms with Crippen LogP contribution in [0.5, 0.6) is 0 Å². The fraction of sp³-hybridized carbons (Fsp3) is 0.588. The van der Waals surface area contributed by atoms with Crippen LogP contribution in [-0.2, 0) is 16.4 Å². The number of rotatable bonds is 7. The van der Waals surface area contributed by atoms with Gasteiger partial charge in [-0.1, -0.05) is 11.6 Å². The maximum atomic E-state index is 12.3. The maximum absolute atomic E-state index is 12.3. The van der Waals surface area contributed by atoms with Crippen LogP contribution in [0.4, 0.5) is 0 Å². The molecule has 1 saturated heterocycles. The molecule has 2 aromatic heterocycles. The van der Waals surface area contributed by atoms with E-state index in [9.17, 15) is 13.2 Å². The molecule has 0 bridgehead atoms. The molecule has 0 unspecified atom stereocenters. The van der Waals surface area contributed by atoms with E-state index in [0.717, 1.165) is 12.8 Å². The second-order valence-electron chi connectivity index (χ2n) is 7.18. The third-order valence-corrected chi connectivity index (χ3v) is 6.58. The largest absolute Gasteiger partial charge is 0.472 e. The van der Waals surface area contributed by atoms with Gasteiger partial charge in [0.2, 0.25) is 15.9 Å². The van der Waals surface area contributed by atoms with Gasteiger partial charge in [-0.25, -0.2) is 8.42 Å².